The summed E-state index contributed by atoms with van der Waals surface area (Å²) in [5.41, 5.74) is 7.35. The number of para-hydroxylation sites is 2. The number of benzene rings is 1. The topological polar surface area (TPSA) is 58.4 Å². The van der Waals surface area contributed by atoms with Crippen LogP contribution >= 0.6 is 24.8 Å². The summed E-state index contributed by atoms with van der Waals surface area (Å²) >= 11 is 0. The molecule has 0 atom stereocenters. The zero-order chi connectivity index (χ0) is 13.3. The van der Waals surface area contributed by atoms with Gasteiger partial charge in [0.05, 0.1) is 11.4 Å². The van der Waals surface area contributed by atoms with E-state index in [-0.39, 0.29) is 36.3 Å². The van der Waals surface area contributed by atoms with Crippen molar-refractivity contribution in [3.8, 4) is 0 Å². The first-order valence-electron chi connectivity index (χ1n) is 7.09. The van der Waals surface area contributed by atoms with Crippen molar-refractivity contribution < 1.29 is 4.79 Å². The number of halogens is 2. The predicted molar refractivity (Wildman–Crippen MR) is 91.4 cm³/mol. The van der Waals surface area contributed by atoms with Gasteiger partial charge in [0.2, 0.25) is 5.91 Å². The molecule has 118 valence electrons. The van der Waals surface area contributed by atoms with Crippen LogP contribution in [0.15, 0.2) is 24.3 Å². The van der Waals surface area contributed by atoms with Crippen molar-refractivity contribution in [2.45, 2.75) is 37.6 Å². The maximum absolute atomic E-state index is 12.3. The fourth-order valence-corrected chi connectivity index (χ4v) is 3.62. The third-order valence-corrected chi connectivity index (χ3v) is 4.54. The molecule has 0 spiro atoms. The maximum Gasteiger partial charge on any atom is 0.226 e. The minimum absolute atomic E-state index is 0. The van der Waals surface area contributed by atoms with Gasteiger partial charge in [0.1, 0.15) is 0 Å². The number of carbonyl (C=O) groups is 1. The number of hydrogen-bond acceptors (Lipinski definition) is 3. The van der Waals surface area contributed by atoms with Gasteiger partial charge in [0.15, 0.2) is 0 Å². The molecule has 3 rings (SSSR count). The molecule has 2 heterocycles. The molecule has 4 nitrogen and oxygen atoms in total. The van der Waals surface area contributed by atoms with E-state index >= 15 is 0 Å². The van der Waals surface area contributed by atoms with Gasteiger partial charge in [-0.1, -0.05) is 12.1 Å². The van der Waals surface area contributed by atoms with E-state index in [0.717, 1.165) is 31.6 Å². The normalized spacial score (nSPS) is 19.2. The predicted octanol–water partition coefficient (Wildman–Crippen LogP) is 3.07. The van der Waals surface area contributed by atoms with E-state index in [4.69, 9.17) is 5.73 Å². The molecule has 0 aromatic heterocycles. The maximum atomic E-state index is 12.3. The highest BCUT2D eigenvalue weighted by molar-refractivity contribution is 5.94. The zero-order valence-corrected chi connectivity index (χ0v) is 13.6. The molecule has 1 aromatic carbocycles. The van der Waals surface area contributed by atoms with E-state index in [2.05, 4.69) is 10.2 Å². The van der Waals surface area contributed by atoms with Crippen molar-refractivity contribution in [1.82, 2.24) is 4.90 Å². The van der Waals surface area contributed by atoms with E-state index in [1.165, 1.54) is 12.8 Å². The van der Waals surface area contributed by atoms with E-state index < -0.39 is 0 Å². The number of rotatable bonds is 3. The second-order valence-corrected chi connectivity index (χ2v) is 5.73. The van der Waals surface area contributed by atoms with Crippen LogP contribution < -0.4 is 11.1 Å². The van der Waals surface area contributed by atoms with Crippen LogP contribution in [-0.2, 0) is 4.79 Å². The number of nitrogens with one attached hydrogen (secondary N) is 1. The van der Waals surface area contributed by atoms with E-state index in [1.54, 1.807) is 0 Å². The summed E-state index contributed by atoms with van der Waals surface area (Å²) in [7, 11) is 0. The number of fused-ring (bicyclic) bond motifs is 1. The molecule has 6 heteroatoms. The van der Waals surface area contributed by atoms with Crippen LogP contribution in [0.5, 0.6) is 0 Å². The molecule has 2 fully saturated rings. The van der Waals surface area contributed by atoms with Gasteiger partial charge in [-0.3, -0.25) is 9.69 Å². The smallest absolute Gasteiger partial charge is 0.226 e. The van der Waals surface area contributed by atoms with Crippen molar-refractivity contribution in [3.63, 3.8) is 0 Å². The lowest BCUT2D eigenvalue weighted by atomic mass is 9.90. The number of anilines is 2. The second kappa shape index (κ2) is 7.34. The van der Waals surface area contributed by atoms with Crippen molar-refractivity contribution in [3.05, 3.63) is 24.3 Å². The van der Waals surface area contributed by atoms with Gasteiger partial charge < -0.3 is 11.1 Å². The van der Waals surface area contributed by atoms with E-state index in [0.29, 0.717) is 12.1 Å². The Morgan fingerprint density at radius 2 is 1.81 bits per heavy atom. The average Bonchev–Trinajstić information content (AvgIpc) is 2.91. The fourth-order valence-electron chi connectivity index (χ4n) is 3.62. The minimum Gasteiger partial charge on any atom is -0.397 e. The number of nitrogens with zero attached hydrogens (tertiary/aromatic N) is 1. The molecule has 2 saturated heterocycles. The molecule has 1 amide bonds. The summed E-state index contributed by atoms with van der Waals surface area (Å²) < 4.78 is 0. The summed E-state index contributed by atoms with van der Waals surface area (Å²) in [4.78, 5) is 14.8. The van der Waals surface area contributed by atoms with Crippen LogP contribution in [0.3, 0.4) is 0 Å². The van der Waals surface area contributed by atoms with E-state index in [1.807, 2.05) is 24.3 Å². The Balaban J connectivity index is 0.00000110. The molecule has 0 saturated carbocycles. The molecule has 2 aliphatic heterocycles. The molecule has 1 aromatic rings. The zero-order valence-electron chi connectivity index (χ0n) is 12.0. The molecule has 3 N–H and O–H groups in total. The van der Waals surface area contributed by atoms with Gasteiger partial charge in [-0.05, 0) is 50.9 Å². The molecule has 2 aliphatic rings. The Bertz CT molecular complexity index is 486. The quantitative estimate of drug-likeness (QED) is 0.837. The lowest BCUT2D eigenvalue weighted by Crippen LogP contribution is -2.41. The van der Waals surface area contributed by atoms with Gasteiger partial charge in [-0.25, -0.2) is 0 Å². The third kappa shape index (κ3) is 3.62. The van der Waals surface area contributed by atoms with Gasteiger partial charge in [0.25, 0.3) is 0 Å². The largest absolute Gasteiger partial charge is 0.397 e. The minimum atomic E-state index is 0. The van der Waals surface area contributed by atoms with Crippen molar-refractivity contribution in [2.24, 2.45) is 0 Å². The van der Waals surface area contributed by atoms with Crippen LogP contribution in [0.2, 0.25) is 0 Å². The SMILES string of the molecule is Cl.Cl.Nc1ccccc1NC(=O)CC12CCCN1CCC2. The lowest BCUT2D eigenvalue weighted by molar-refractivity contribution is -0.118. The molecular weight excluding hydrogens is 309 g/mol. The molecule has 0 unspecified atom stereocenters. The number of amides is 1. The van der Waals surface area contributed by atoms with Crippen molar-refractivity contribution in [1.29, 1.82) is 0 Å². The third-order valence-electron chi connectivity index (χ3n) is 4.54. The van der Waals surface area contributed by atoms with Gasteiger partial charge in [0, 0.05) is 12.0 Å². The molecule has 0 aliphatic carbocycles. The number of nitrogen functional groups attached to an aromatic ring is 1. The Hall–Kier alpha value is -0.970. The average molecular weight is 332 g/mol. The lowest BCUT2D eigenvalue weighted by Gasteiger charge is -2.31. The standard InChI is InChI=1S/C15H21N3O.2ClH/c16-12-5-1-2-6-13(12)17-14(19)11-15-7-3-9-18(15)10-4-8-15;;/h1-2,5-6H,3-4,7-11,16H2,(H,17,19);2*1H. The fraction of sp³-hybridized carbons (Fsp3) is 0.533. The highest BCUT2D eigenvalue weighted by Crippen LogP contribution is 2.41. The highest BCUT2D eigenvalue weighted by Gasteiger charge is 2.45. The van der Waals surface area contributed by atoms with Crippen LogP contribution in [0, 0.1) is 0 Å². The molecule has 21 heavy (non-hydrogen) atoms. The Morgan fingerprint density at radius 3 is 2.43 bits per heavy atom. The number of nitrogens with two attached hydrogens (primary N) is 1. The van der Waals surface area contributed by atoms with Crippen LogP contribution in [0.1, 0.15) is 32.1 Å². The van der Waals surface area contributed by atoms with Crippen LogP contribution in [0.25, 0.3) is 0 Å². The summed E-state index contributed by atoms with van der Waals surface area (Å²) in [5, 5.41) is 2.95. The number of hydrogen-bond donors (Lipinski definition) is 2. The van der Waals surface area contributed by atoms with Crippen molar-refractivity contribution in [2.75, 3.05) is 24.1 Å². The monoisotopic (exact) mass is 331 g/mol. The summed E-state index contributed by atoms with van der Waals surface area (Å²) in [6.07, 6.45) is 5.36. The van der Waals surface area contributed by atoms with Gasteiger partial charge >= 0.3 is 0 Å². The number of carbonyl (C=O) groups excluding carboxylic acids is 1. The molecule has 0 radical (unpaired) electrons. The Labute approximate surface area is 138 Å². The first-order valence-corrected chi connectivity index (χ1v) is 7.09. The summed E-state index contributed by atoms with van der Waals surface area (Å²) in [6.45, 7) is 2.31. The first kappa shape index (κ1) is 18.1. The van der Waals surface area contributed by atoms with Crippen LogP contribution in [-0.4, -0.2) is 29.4 Å². The molecular formula is C15H23Cl2N3O. The van der Waals surface area contributed by atoms with Crippen LogP contribution in [0.4, 0.5) is 11.4 Å². The molecule has 0 bridgehead atoms. The Morgan fingerprint density at radius 1 is 1.19 bits per heavy atom. The van der Waals surface area contributed by atoms with Gasteiger partial charge in [-0.2, -0.15) is 0 Å². The van der Waals surface area contributed by atoms with E-state index in [9.17, 15) is 4.79 Å². The van der Waals surface area contributed by atoms with Crippen molar-refractivity contribution >= 4 is 42.1 Å². The second-order valence-electron chi connectivity index (χ2n) is 5.73. The first-order chi connectivity index (χ1) is 9.20. The van der Waals surface area contributed by atoms with Gasteiger partial charge in [-0.15, -0.1) is 24.8 Å². The highest BCUT2D eigenvalue weighted by atomic mass is 35.5. The Kier molecular flexibility index (Phi) is 6.32. The summed E-state index contributed by atoms with van der Waals surface area (Å²) in [6, 6.07) is 7.43. The summed E-state index contributed by atoms with van der Waals surface area (Å²) in [5.74, 6) is 0.0895.